The number of aryl methyl sites for hydroxylation is 1. The molecule has 1 aromatic heterocycles. The maximum atomic E-state index is 4.56. The summed E-state index contributed by atoms with van der Waals surface area (Å²) < 4.78 is 2.11. The number of nitrogens with one attached hydrogen (secondary N) is 1. The highest BCUT2D eigenvalue weighted by Crippen LogP contribution is 2.34. The van der Waals surface area contributed by atoms with Crippen molar-refractivity contribution in [3.63, 3.8) is 0 Å². The third-order valence-corrected chi connectivity index (χ3v) is 4.95. The first kappa shape index (κ1) is 15.0. The van der Waals surface area contributed by atoms with Gasteiger partial charge in [-0.05, 0) is 51.6 Å². The number of hydrogen-bond donors (Lipinski definition) is 1. The zero-order valence-electron chi connectivity index (χ0n) is 13.6. The molecular weight excluding hydrogens is 260 g/mol. The van der Waals surface area contributed by atoms with Gasteiger partial charge in [-0.3, -0.25) is 9.58 Å². The van der Waals surface area contributed by atoms with E-state index in [1.165, 1.54) is 50.8 Å². The normalized spacial score (nSPS) is 27.7. The largest absolute Gasteiger partial charge is 0.314 e. The molecule has 4 heteroatoms. The first-order valence-corrected chi connectivity index (χ1v) is 8.74. The molecule has 118 valence electrons. The van der Waals surface area contributed by atoms with Gasteiger partial charge in [0.15, 0.2) is 0 Å². The minimum absolute atomic E-state index is 0.532. The first-order chi connectivity index (χ1) is 10.3. The summed E-state index contributed by atoms with van der Waals surface area (Å²) in [5, 5.41) is 8.31. The van der Waals surface area contributed by atoms with Crippen molar-refractivity contribution in [1.82, 2.24) is 20.0 Å². The van der Waals surface area contributed by atoms with Crippen molar-refractivity contribution in [1.29, 1.82) is 0 Å². The average molecular weight is 290 g/mol. The van der Waals surface area contributed by atoms with Crippen LogP contribution in [0.15, 0.2) is 12.4 Å². The van der Waals surface area contributed by atoms with Crippen LogP contribution in [0.25, 0.3) is 0 Å². The van der Waals surface area contributed by atoms with Gasteiger partial charge in [0, 0.05) is 36.9 Å². The third kappa shape index (κ3) is 3.86. The Balaban J connectivity index is 1.73. The van der Waals surface area contributed by atoms with Gasteiger partial charge in [0.2, 0.25) is 0 Å². The van der Waals surface area contributed by atoms with Gasteiger partial charge >= 0.3 is 0 Å². The van der Waals surface area contributed by atoms with Crippen molar-refractivity contribution >= 4 is 0 Å². The second-order valence-corrected chi connectivity index (χ2v) is 6.90. The summed E-state index contributed by atoms with van der Waals surface area (Å²) >= 11 is 0. The summed E-state index contributed by atoms with van der Waals surface area (Å²) in [5.41, 5.74) is 1.41. The number of aromatic nitrogens is 2. The number of likely N-dealkylation sites (tertiary alicyclic amines) is 1. The second-order valence-electron chi connectivity index (χ2n) is 6.90. The van der Waals surface area contributed by atoms with Gasteiger partial charge < -0.3 is 5.32 Å². The lowest BCUT2D eigenvalue weighted by Gasteiger charge is -2.32. The van der Waals surface area contributed by atoms with Crippen molar-refractivity contribution in [3.8, 4) is 0 Å². The summed E-state index contributed by atoms with van der Waals surface area (Å²) in [6.45, 7) is 5.62. The van der Waals surface area contributed by atoms with E-state index in [0.29, 0.717) is 6.04 Å². The first-order valence-electron chi connectivity index (χ1n) is 8.74. The predicted molar refractivity (Wildman–Crippen MR) is 86.3 cm³/mol. The number of nitrogens with zero attached hydrogens (tertiary/aromatic N) is 3. The van der Waals surface area contributed by atoms with Crippen molar-refractivity contribution < 1.29 is 0 Å². The Morgan fingerprint density at radius 2 is 2.14 bits per heavy atom. The van der Waals surface area contributed by atoms with Crippen molar-refractivity contribution in [2.24, 2.45) is 5.92 Å². The Labute approximate surface area is 128 Å². The highest BCUT2D eigenvalue weighted by molar-refractivity contribution is 5.13. The minimum Gasteiger partial charge on any atom is -0.314 e. The molecule has 2 heterocycles. The van der Waals surface area contributed by atoms with Crippen LogP contribution < -0.4 is 5.32 Å². The van der Waals surface area contributed by atoms with Crippen LogP contribution >= 0.6 is 0 Å². The maximum absolute atomic E-state index is 4.56. The molecular formula is C17H30N4. The third-order valence-electron chi connectivity index (χ3n) is 4.95. The Morgan fingerprint density at radius 1 is 1.29 bits per heavy atom. The van der Waals surface area contributed by atoms with Crippen molar-refractivity contribution in [2.75, 3.05) is 20.1 Å². The molecule has 1 aromatic rings. The summed E-state index contributed by atoms with van der Waals surface area (Å²) in [6.07, 6.45) is 12.3. The standard InChI is InChI=1S/C17H30N4/c1-3-9-21-13-15(12-19-21)17-14(11-18-16-7-8-16)6-4-5-10-20(17)2/h12-14,16-18H,3-11H2,1-2H3. The van der Waals surface area contributed by atoms with Crippen LogP contribution in [-0.4, -0.2) is 40.9 Å². The summed E-state index contributed by atoms with van der Waals surface area (Å²) in [5.74, 6) is 0.720. The van der Waals surface area contributed by atoms with Gasteiger partial charge in [-0.25, -0.2) is 0 Å². The smallest absolute Gasteiger partial charge is 0.0537 e. The van der Waals surface area contributed by atoms with E-state index in [4.69, 9.17) is 0 Å². The molecule has 2 aliphatic rings. The summed E-state index contributed by atoms with van der Waals surface area (Å²) in [4.78, 5) is 2.56. The number of hydrogen-bond acceptors (Lipinski definition) is 3. The Hall–Kier alpha value is -0.870. The molecule has 1 N–H and O–H groups in total. The van der Waals surface area contributed by atoms with Gasteiger partial charge in [0.1, 0.15) is 0 Å². The fourth-order valence-electron chi connectivity index (χ4n) is 3.65. The SMILES string of the molecule is CCCn1cc(C2C(CNC3CC3)CCCCN2C)cn1. The van der Waals surface area contributed by atoms with E-state index in [9.17, 15) is 0 Å². The van der Waals surface area contributed by atoms with E-state index in [2.05, 4.69) is 46.4 Å². The van der Waals surface area contributed by atoms with E-state index in [-0.39, 0.29) is 0 Å². The molecule has 0 aromatic carbocycles. The van der Waals surface area contributed by atoms with E-state index >= 15 is 0 Å². The Kier molecular flexibility index (Phi) is 4.96. The van der Waals surface area contributed by atoms with Crippen LogP contribution in [0.2, 0.25) is 0 Å². The topological polar surface area (TPSA) is 33.1 Å². The monoisotopic (exact) mass is 290 g/mol. The van der Waals surface area contributed by atoms with Gasteiger partial charge in [-0.15, -0.1) is 0 Å². The lowest BCUT2D eigenvalue weighted by Crippen LogP contribution is -2.35. The lowest BCUT2D eigenvalue weighted by atomic mass is 9.91. The van der Waals surface area contributed by atoms with Crippen molar-refractivity contribution in [3.05, 3.63) is 18.0 Å². The maximum Gasteiger partial charge on any atom is 0.0537 e. The Bertz CT molecular complexity index is 438. The molecule has 4 nitrogen and oxygen atoms in total. The van der Waals surface area contributed by atoms with Gasteiger partial charge in [0.25, 0.3) is 0 Å². The Morgan fingerprint density at radius 3 is 2.90 bits per heavy atom. The molecule has 0 radical (unpaired) electrons. The minimum atomic E-state index is 0.532. The molecule has 1 aliphatic carbocycles. The van der Waals surface area contributed by atoms with Crippen LogP contribution in [0.1, 0.15) is 57.1 Å². The molecule has 1 saturated heterocycles. The van der Waals surface area contributed by atoms with Crippen LogP contribution in [0.4, 0.5) is 0 Å². The fourth-order valence-corrected chi connectivity index (χ4v) is 3.65. The summed E-state index contributed by atoms with van der Waals surface area (Å²) in [7, 11) is 2.29. The fraction of sp³-hybridized carbons (Fsp3) is 0.824. The highest BCUT2D eigenvalue weighted by atomic mass is 15.3. The molecule has 21 heavy (non-hydrogen) atoms. The van der Waals surface area contributed by atoms with E-state index in [0.717, 1.165) is 24.9 Å². The molecule has 0 amide bonds. The molecule has 0 spiro atoms. The molecule has 0 bridgehead atoms. The van der Waals surface area contributed by atoms with Gasteiger partial charge in [-0.2, -0.15) is 5.10 Å². The molecule has 3 rings (SSSR count). The van der Waals surface area contributed by atoms with Crippen LogP contribution in [-0.2, 0) is 6.54 Å². The summed E-state index contributed by atoms with van der Waals surface area (Å²) in [6, 6.07) is 1.34. The molecule has 2 atom stereocenters. The van der Waals surface area contributed by atoms with Gasteiger partial charge in [0.05, 0.1) is 6.20 Å². The quantitative estimate of drug-likeness (QED) is 0.874. The van der Waals surface area contributed by atoms with Gasteiger partial charge in [-0.1, -0.05) is 13.3 Å². The average Bonchev–Trinajstić information content (AvgIpc) is 3.22. The predicted octanol–water partition coefficient (Wildman–Crippen LogP) is 2.82. The van der Waals surface area contributed by atoms with Crippen LogP contribution in [0.5, 0.6) is 0 Å². The van der Waals surface area contributed by atoms with E-state index in [1.807, 2.05) is 0 Å². The van der Waals surface area contributed by atoms with Crippen LogP contribution in [0.3, 0.4) is 0 Å². The molecule has 1 aliphatic heterocycles. The van der Waals surface area contributed by atoms with E-state index < -0.39 is 0 Å². The number of rotatable bonds is 6. The zero-order valence-corrected chi connectivity index (χ0v) is 13.6. The highest BCUT2D eigenvalue weighted by Gasteiger charge is 2.31. The molecule has 2 fully saturated rings. The molecule has 1 saturated carbocycles. The molecule has 2 unspecified atom stereocenters. The second kappa shape index (κ2) is 6.93. The zero-order chi connectivity index (χ0) is 14.7. The van der Waals surface area contributed by atoms with Crippen LogP contribution in [0, 0.1) is 5.92 Å². The van der Waals surface area contributed by atoms with E-state index in [1.54, 1.807) is 0 Å². The van der Waals surface area contributed by atoms with Crippen molar-refractivity contribution in [2.45, 2.75) is 64.1 Å². The lowest BCUT2D eigenvalue weighted by molar-refractivity contribution is 0.188.